The van der Waals surface area contributed by atoms with Gasteiger partial charge in [-0.25, -0.2) is 0 Å². The Morgan fingerprint density at radius 3 is 2.93 bits per heavy atom. The smallest absolute Gasteiger partial charge is 0.0153 e. The molecule has 0 amide bonds. The Labute approximate surface area is 88.1 Å². The summed E-state index contributed by atoms with van der Waals surface area (Å²) in [5.41, 5.74) is 0.545. The van der Waals surface area contributed by atoms with Gasteiger partial charge in [0.15, 0.2) is 0 Å². The molecule has 2 nitrogen and oxygen atoms in total. The van der Waals surface area contributed by atoms with E-state index in [2.05, 4.69) is 31.0 Å². The van der Waals surface area contributed by atoms with Crippen LogP contribution in [0.5, 0.6) is 0 Å². The van der Waals surface area contributed by atoms with Crippen LogP contribution in [0, 0.1) is 11.3 Å². The van der Waals surface area contributed by atoms with E-state index < -0.39 is 0 Å². The van der Waals surface area contributed by atoms with Gasteiger partial charge in [-0.05, 0) is 50.4 Å². The van der Waals surface area contributed by atoms with Crippen LogP contribution in [0.15, 0.2) is 0 Å². The normalized spacial score (nSPS) is 37.9. The molecule has 0 radical (unpaired) electrons. The first-order valence-corrected chi connectivity index (χ1v) is 6.10. The summed E-state index contributed by atoms with van der Waals surface area (Å²) >= 11 is 0. The Hall–Kier alpha value is -0.0800. The molecule has 0 aromatic rings. The fourth-order valence-corrected chi connectivity index (χ4v) is 3.25. The molecule has 0 bridgehead atoms. The van der Waals surface area contributed by atoms with Crippen molar-refractivity contribution in [3.63, 3.8) is 0 Å². The van der Waals surface area contributed by atoms with E-state index in [4.69, 9.17) is 0 Å². The van der Waals surface area contributed by atoms with Gasteiger partial charge in [-0.1, -0.05) is 20.8 Å². The number of fused-ring (bicyclic) bond motifs is 1. The molecule has 2 rings (SSSR count). The number of piperidine rings is 2. The monoisotopic (exact) mass is 196 g/mol. The molecule has 2 heteroatoms. The second-order valence-corrected chi connectivity index (χ2v) is 5.53. The van der Waals surface area contributed by atoms with Gasteiger partial charge in [0, 0.05) is 6.04 Å². The number of rotatable bonds is 1. The van der Waals surface area contributed by atoms with Crippen molar-refractivity contribution in [3.8, 4) is 0 Å². The zero-order valence-corrected chi connectivity index (χ0v) is 9.84. The van der Waals surface area contributed by atoms with Crippen LogP contribution >= 0.6 is 0 Å². The maximum atomic E-state index is 3.56. The van der Waals surface area contributed by atoms with Gasteiger partial charge in [-0.3, -0.25) is 0 Å². The van der Waals surface area contributed by atoms with E-state index in [-0.39, 0.29) is 0 Å². The summed E-state index contributed by atoms with van der Waals surface area (Å²) in [7, 11) is 0. The molecule has 0 spiro atoms. The second-order valence-electron chi connectivity index (χ2n) is 5.53. The van der Waals surface area contributed by atoms with Gasteiger partial charge < -0.3 is 10.2 Å². The van der Waals surface area contributed by atoms with Crippen LogP contribution in [-0.4, -0.2) is 37.1 Å². The zero-order chi connectivity index (χ0) is 10.2. The Morgan fingerprint density at radius 2 is 2.21 bits per heavy atom. The number of nitrogens with one attached hydrogen (secondary N) is 1. The summed E-state index contributed by atoms with van der Waals surface area (Å²) in [4.78, 5) is 2.69. The van der Waals surface area contributed by atoms with E-state index in [1.54, 1.807) is 0 Å². The molecule has 14 heavy (non-hydrogen) atoms. The van der Waals surface area contributed by atoms with Crippen molar-refractivity contribution in [1.82, 2.24) is 10.2 Å². The molecule has 0 aromatic heterocycles. The van der Waals surface area contributed by atoms with Gasteiger partial charge in [-0.2, -0.15) is 0 Å². The van der Waals surface area contributed by atoms with Crippen molar-refractivity contribution in [2.45, 2.75) is 39.7 Å². The molecule has 1 N–H and O–H groups in total. The summed E-state index contributed by atoms with van der Waals surface area (Å²) in [6.45, 7) is 12.2. The van der Waals surface area contributed by atoms with Crippen LogP contribution in [-0.2, 0) is 0 Å². The fraction of sp³-hybridized carbons (Fsp3) is 1.00. The maximum absolute atomic E-state index is 3.56. The van der Waals surface area contributed by atoms with Crippen molar-refractivity contribution in [2.75, 3.05) is 26.2 Å². The number of hydrogen-bond donors (Lipinski definition) is 1. The van der Waals surface area contributed by atoms with Crippen molar-refractivity contribution in [2.24, 2.45) is 11.3 Å². The Kier molecular flexibility index (Phi) is 2.85. The van der Waals surface area contributed by atoms with Crippen LogP contribution in [0.2, 0.25) is 0 Å². The van der Waals surface area contributed by atoms with Gasteiger partial charge in [0.1, 0.15) is 0 Å². The largest absolute Gasteiger partial charge is 0.316 e. The summed E-state index contributed by atoms with van der Waals surface area (Å²) in [5, 5.41) is 3.56. The van der Waals surface area contributed by atoms with Crippen LogP contribution < -0.4 is 5.32 Å². The topological polar surface area (TPSA) is 15.3 Å². The molecule has 0 aromatic carbocycles. The molecule has 0 aliphatic carbocycles. The van der Waals surface area contributed by atoms with Gasteiger partial charge in [0.05, 0.1) is 0 Å². The summed E-state index contributed by atoms with van der Waals surface area (Å²) in [6, 6.07) is 0.852. The van der Waals surface area contributed by atoms with E-state index >= 15 is 0 Å². The third-order valence-corrected chi connectivity index (χ3v) is 4.37. The lowest BCUT2D eigenvalue weighted by Crippen LogP contribution is -2.58. The predicted molar refractivity (Wildman–Crippen MR) is 60.4 cm³/mol. The number of nitrogens with zero attached hydrogens (tertiary/aromatic N) is 1. The van der Waals surface area contributed by atoms with E-state index in [9.17, 15) is 0 Å². The molecular formula is C12H24N2. The maximum Gasteiger partial charge on any atom is 0.0153 e. The number of likely N-dealkylation sites (tertiary alicyclic amines) is 1. The number of hydrogen-bond acceptors (Lipinski definition) is 2. The van der Waals surface area contributed by atoms with Gasteiger partial charge in [0.2, 0.25) is 0 Å². The van der Waals surface area contributed by atoms with Crippen molar-refractivity contribution in [3.05, 3.63) is 0 Å². The lowest BCUT2D eigenvalue weighted by molar-refractivity contribution is -0.0122. The lowest BCUT2D eigenvalue weighted by Gasteiger charge is -2.52. The van der Waals surface area contributed by atoms with Crippen molar-refractivity contribution < 1.29 is 0 Å². The highest BCUT2D eigenvalue weighted by Crippen LogP contribution is 2.41. The second kappa shape index (κ2) is 3.82. The van der Waals surface area contributed by atoms with Crippen LogP contribution in [0.1, 0.15) is 33.6 Å². The standard InChI is InChI=1S/C12H24N2/c1-4-14-8-6-12(2,3)10-9-13-7-5-11(10)14/h10-11,13H,4-9H2,1-3H3. The quantitative estimate of drug-likeness (QED) is 0.687. The van der Waals surface area contributed by atoms with E-state index in [1.807, 2.05) is 0 Å². The molecule has 2 atom stereocenters. The minimum Gasteiger partial charge on any atom is -0.316 e. The van der Waals surface area contributed by atoms with Crippen LogP contribution in [0.25, 0.3) is 0 Å². The summed E-state index contributed by atoms with van der Waals surface area (Å²) < 4.78 is 0. The molecule has 2 unspecified atom stereocenters. The summed E-state index contributed by atoms with van der Waals surface area (Å²) in [5.74, 6) is 0.866. The minimum atomic E-state index is 0.545. The molecule has 2 fully saturated rings. The van der Waals surface area contributed by atoms with E-state index in [1.165, 1.54) is 39.0 Å². The lowest BCUT2D eigenvalue weighted by atomic mass is 9.67. The van der Waals surface area contributed by atoms with Crippen molar-refractivity contribution >= 4 is 0 Å². The molecule has 2 aliphatic heterocycles. The summed E-state index contributed by atoms with van der Waals surface area (Å²) in [6.07, 6.45) is 2.71. The van der Waals surface area contributed by atoms with Gasteiger partial charge in [0.25, 0.3) is 0 Å². The van der Waals surface area contributed by atoms with Gasteiger partial charge in [-0.15, -0.1) is 0 Å². The average Bonchev–Trinajstić information content (AvgIpc) is 2.18. The average molecular weight is 196 g/mol. The first-order valence-electron chi connectivity index (χ1n) is 6.10. The molecule has 2 aliphatic rings. The van der Waals surface area contributed by atoms with Crippen LogP contribution in [0.4, 0.5) is 0 Å². The SMILES string of the molecule is CCN1CCC(C)(C)C2CNCCC21. The zero-order valence-electron chi connectivity index (χ0n) is 9.84. The van der Waals surface area contributed by atoms with E-state index in [0.717, 1.165) is 12.0 Å². The van der Waals surface area contributed by atoms with Gasteiger partial charge >= 0.3 is 0 Å². The Bertz CT molecular complexity index is 200. The molecule has 82 valence electrons. The predicted octanol–water partition coefficient (Wildman–Crippen LogP) is 1.72. The van der Waals surface area contributed by atoms with E-state index in [0.29, 0.717) is 5.41 Å². The first-order chi connectivity index (χ1) is 6.65. The van der Waals surface area contributed by atoms with Crippen LogP contribution in [0.3, 0.4) is 0 Å². The van der Waals surface area contributed by atoms with Crippen molar-refractivity contribution in [1.29, 1.82) is 0 Å². The third kappa shape index (κ3) is 1.70. The molecule has 2 heterocycles. The molecular weight excluding hydrogens is 172 g/mol. The Balaban J connectivity index is 2.13. The highest BCUT2D eigenvalue weighted by atomic mass is 15.2. The Morgan fingerprint density at radius 1 is 1.43 bits per heavy atom. The molecule has 2 saturated heterocycles. The first kappa shape index (κ1) is 10.4. The highest BCUT2D eigenvalue weighted by molar-refractivity contribution is 4.97. The minimum absolute atomic E-state index is 0.545. The highest BCUT2D eigenvalue weighted by Gasteiger charge is 2.42. The molecule has 0 saturated carbocycles. The third-order valence-electron chi connectivity index (χ3n) is 4.37. The fourth-order valence-electron chi connectivity index (χ4n) is 3.25.